The fourth-order valence-corrected chi connectivity index (χ4v) is 5.73. The summed E-state index contributed by atoms with van der Waals surface area (Å²) in [6.45, 7) is 4.10. The minimum Gasteiger partial charge on any atom is -0.495 e. The molecule has 0 saturated carbocycles. The number of sulfone groups is 1. The van der Waals surface area contributed by atoms with Crippen LogP contribution in [0.15, 0.2) is 24.3 Å². The second-order valence-corrected chi connectivity index (χ2v) is 9.45. The van der Waals surface area contributed by atoms with Crippen molar-refractivity contribution in [2.45, 2.75) is 38.3 Å². The van der Waals surface area contributed by atoms with Crippen LogP contribution in [0.4, 0.5) is 10.5 Å². The number of nitrogens with zero attached hydrogens (tertiary/aromatic N) is 2. The highest BCUT2D eigenvalue weighted by atomic mass is 32.2. The Labute approximate surface area is 161 Å². The molecule has 1 atom stereocenters. The Bertz CT molecular complexity index is 760. The number of hydrogen-bond acceptors (Lipinski definition) is 5. The van der Waals surface area contributed by atoms with E-state index in [1.54, 1.807) is 12.0 Å². The molecule has 0 aromatic heterocycles. The average Bonchev–Trinajstić information content (AvgIpc) is 3.02. The van der Waals surface area contributed by atoms with Gasteiger partial charge in [0.15, 0.2) is 9.84 Å². The van der Waals surface area contributed by atoms with E-state index in [0.717, 1.165) is 37.4 Å². The summed E-state index contributed by atoms with van der Waals surface area (Å²) >= 11 is 0. The van der Waals surface area contributed by atoms with E-state index >= 15 is 0 Å². The van der Waals surface area contributed by atoms with Crippen LogP contribution in [0.25, 0.3) is 0 Å². The summed E-state index contributed by atoms with van der Waals surface area (Å²) < 4.78 is 28.9. The van der Waals surface area contributed by atoms with Gasteiger partial charge in [-0.15, -0.1) is 0 Å². The van der Waals surface area contributed by atoms with E-state index < -0.39 is 9.84 Å². The van der Waals surface area contributed by atoms with Gasteiger partial charge in [0.1, 0.15) is 5.75 Å². The monoisotopic (exact) mass is 395 g/mol. The first-order chi connectivity index (χ1) is 12.9. The number of hydrogen-bond donors (Lipinski definition) is 1. The summed E-state index contributed by atoms with van der Waals surface area (Å²) in [5.41, 5.74) is 1.08. The minimum atomic E-state index is -3.00. The van der Waals surface area contributed by atoms with Crippen molar-refractivity contribution in [3.05, 3.63) is 24.3 Å². The summed E-state index contributed by atoms with van der Waals surface area (Å²) in [7, 11) is -1.33. The first-order valence-electron chi connectivity index (χ1n) is 9.59. The molecule has 1 aromatic rings. The van der Waals surface area contributed by atoms with Crippen LogP contribution >= 0.6 is 0 Å². The first kappa shape index (κ1) is 19.8. The maximum Gasteiger partial charge on any atom is 0.317 e. The van der Waals surface area contributed by atoms with Crippen LogP contribution < -0.4 is 15.0 Å². The standard InChI is InChI=1S/C19H29N3O4S/c1-3-22(16-10-13-27(24,25)14-16)19(23)20-15-8-11-21(12-9-15)17-6-4-5-7-18(17)26-2/h4-7,15-16H,3,8-14H2,1-2H3,(H,20,23). The molecule has 0 spiro atoms. The van der Waals surface area contributed by atoms with Gasteiger partial charge in [0.05, 0.1) is 24.3 Å². The highest BCUT2D eigenvalue weighted by molar-refractivity contribution is 7.91. The van der Waals surface area contributed by atoms with Crippen LogP contribution in [-0.4, -0.2) is 69.7 Å². The smallest absolute Gasteiger partial charge is 0.317 e. The Hall–Kier alpha value is -1.96. The van der Waals surface area contributed by atoms with Gasteiger partial charge in [-0.3, -0.25) is 0 Å². The topological polar surface area (TPSA) is 79.0 Å². The van der Waals surface area contributed by atoms with Gasteiger partial charge in [-0.25, -0.2) is 13.2 Å². The third-order valence-electron chi connectivity index (χ3n) is 5.50. The van der Waals surface area contributed by atoms with E-state index in [2.05, 4.69) is 16.3 Å². The summed E-state index contributed by atoms with van der Waals surface area (Å²) in [4.78, 5) is 16.6. The SMILES string of the molecule is CCN(C(=O)NC1CCN(c2ccccc2OC)CC1)C1CCS(=O)(=O)C1. The summed E-state index contributed by atoms with van der Waals surface area (Å²) in [5.74, 6) is 1.12. The van der Waals surface area contributed by atoms with Crippen LogP contribution in [0, 0.1) is 0 Å². The van der Waals surface area contributed by atoms with Gasteiger partial charge in [0.25, 0.3) is 0 Å². The molecule has 0 radical (unpaired) electrons. The zero-order valence-corrected chi connectivity index (χ0v) is 16.9. The molecule has 2 aliphatic rings. The van der Waals surface area contributed by atoms with Gasteiger partial charge < -0.3 is 19.9 Å². The highest BCUT2D eigenvalue weighted by Gasteiger charge is 2.34. The van der Waals surface area contributed by atoms with Crippen molar-refractivity contribution in [2.75, 3.05) is 43.1 Å². The lowest BCUT2D eigenvalue weighted by Gasteiger charge is -2.36. The summed E-state index contributed by atoms with van der Waals surface area (Å²) in [5, 5.41) is 3.11. The number of nitrogens with one attached hydrogen (secondary N) is 1. The van der Waals surface area contributed by atoms with Crippen molar-refractivity contribution in [1.82, 2.24) is 10.2 Å². The summed E-state index contributed by atoms with van der Waals surface area (Å²) in [6, 6.07) is 7.73. The molecule has 2 saturated heterocycles. The molecule has 150 valence electrons. The van der Waals surface area contributed by atoms with Crippen molar-refractivity contribution in [3.8, 4) is 5.75 Å². The Morgan fingerprint density at radius 3 is 2.56 bits per heavy atom. The van der Waals surface area contributed by atoms with Crippen molar-refractivity contribution in [2.24, 2.45) is 0 Å². The quantitative estimate of drug-likeness (QED) is 0.824. The fraction of sp³-hybridized carbons (Fsp3) is 0.632. The van der Waals surface area contributed by atoms with E-state index in [-0.39, 0.29) is 29.6 Å². The Morgan fingerprint density at radius 1 is 1.26 bits per heavy atom. The van der Waals surface area contributed by atoms with Crippen LogP contribution in [0.1, 0.15) is 26.2 Å². The van der Waals surface area contributed by atoms with E-state index in [1.807, 2.05) is 25.1 Å². The predicted octanol–water partition coefficient (Wildman–Crippen LogP) is 1.88. The lowest BCUT2D eigenvalue weighted by Crippen LogP contribution is -2.52. The molecule has 0 bridgehead atoms. The van der Waals surface area contributed by atoms with Crippen LogP contribution in [0.2, 0.25) is 0 Å². The number of carbonyl (C=O) groups excluding carboxylic acids is 1. The third kappa shape index (κ3) is 4.66. The number of methoxy groups -OCH3 is 1. The molecular formula is C19H29N3O4S. The number of ether oxygens (including phenoxy) is 1. The number of benzene rings is 1. The third-order valence-corrected chi connectivity index (χ3v) is 7.25. The van der Waals surface area contributed by atoms with Crippen LogP contribution in [0.3, 0.4) is 0 Å². The number of amides is 2. The normalized spacial score (nSPS) is 22.4. The fourth-order valence-electron chi connectivity index (χ4n) is 4.00. The molecule has 2 heterocycles. The molecule has 8 heteroatoms. The molecule has 2 aliphatic heterocycles. The molecule has 1 aromatic carbocycles. The number of urea groups is 1. The molecular weight excluding hydrogens is 366 g/mol. The molecule has 1 unspecified atom stereocenters. The molecule has 27 heavy (non-hydrogen) atoms. The van der Waals surface area contributed by atoms with Crippen molar-refractivity contribution >= 4 is 21.6 Å². The maximum absolute atomic E-state index is 12.7. The molecule has 3 rings (SSSR count). The van der Waals surface area contributed by atoms with Gasteiger partial charge in [-0.1, -0.05) is 12.1 Å². The predicted molar refractivity (Wildman–Crippen MR) is 106 cm³/mol. The van der Waals surface area contributed by atoms with Crippen molar-refractivity contribution < 1.29 is 17.9 Å². The molecule has 0 aliphatic carbocycles. The van der Waals surface area contributed by atoms with Crippen molar-refractivity contribution in [3.63, 3.8) is 0 Å². The lowest BCUT2D eigenvalue weighted by atomic mass is 10.0. The van der Waals surface area contributed by atoms with Crippen LogP contribution in [0.5, 0.6) is 5.75 Å². The van der Waals surface area contributed by atoms with Gasteiger partial charge in [-0.2, -0.15) is 0 Å². The Morgan fingerprint density at radius 2 is 1.96 bits per heavy atom. The number of piperidine rings is 1. The van der Waals surface area contributed by atoms with E-state index in [4.69, 9.17) is 4.74 Å². The molecule has 7 nitrogen and oxygen atoms in total. The molecule has 2 amide bonds. The second-order valence-electron chi connectivity index (χ2n) is 7.23. The minimum absolute atomic E-state index is 0.0838. The molecule has 1 N–H and O–H groups in total. The van der Waals surface area contributed by atoms with Crippen LogP contribution in [-0.2, 0) is 9.84 Å². The number of carbonyl (C=O) groups is 1. The highest BCUT2D eigenvalue weighted by Crippen LogP contribution is 2.30. The lowest BCUT2D eigenvalue weighted by molar-refractivity contribution is 0.178. The summed E-state index contributed by atoms with van der Waals surface area (Å²) in [6.07, 6.45) is 2.24. The number of para-hydroxylation sites is 2. The molecule has 2 fully saturated rings. The van der Waals surface area contributed by atoms with Gasteiger partial charge in [0, 0.05) is 31.7 Å². The largest absolute Gasteiger partial charge is 0.495 e. The van der Waals surface area contributed by atoms with Crippen molar-refractivity contribution in [1.29, 1.82) is 0 Å². The average molecular weight is 396 g/mol. The Kier molecular flexibility index (Phi) is 6.14. The first-order valence-corrected chi connectivity index (χ1v) is 11.4. The number of anilines is 1. The van der Waals surface area contributed by atoms with Gasteiger partial charge in [-0.05, 0) is 38.3 Å². The van der Waals surface area contributed by atoms with E-state index in [1.165, 1.54) is 0 Å². The zero-order chi connectivity index (χ0) is 19.4. The van der Waals surface area contributed by atoms with Gasteiger partial charge in [0.2, 0.25) is 0 Å². The van der Waals surface area contributed by atoms with Gasteiger partial charge >= 0.3 is 6.03 Å². The second kappa shape index (κ2) is 8.37. The Balaban J connectivity index is 1.54. The number of rotatable bonds is 5. The zero-order valence-electron chi connectivity index (χ0n) is 16.1. The van der Waals surface area contributed by atoms with E-state index in [0.29, 0.717) is 13.0 Å². The van der Waals surface area contributed by atoms with E-state index in [9.17, 15) is 13.2 Å². The maximum atomic E-state index is 12.7.